The van der Waals surface area contributed by atoms with Crippen molar-refractivity contribution in [3.63, 3.8) is 0 Å². The van der Waals surface area contributed by atoms with Crippen LogP contribution in [0.3, 0.4) is 0 Å². The highest BCUT2D eigenvalue weighted by Gasteiger charge is 2.57. The van der Waals surface area contributed by atoms with Crippen molar-refractivity contribution in [1.82, 2.24) is 0 Å². The number of benzene rings is 2. The number of hydrogen-bond donors (Lipinski definition) is 1. The lowest BCUT2D eigenvalue weighted by molar-refractivity contribution is -0.248. The number of alkyl halides is 6. The zero-order valence-electron chi connectivity index (χ0n) is 11.8. The molecule has 1 unspecified atom stereocenters. The summed E-state index contributed by atoms with van der Waals surface area (Å²) in [7, 11) is 0. The summed E-state index contributed by atoms with van der Waals surface area (Å²) in [5.41, 5.74) is -1.60. The minimum atomic E-state index is -5.77. The Kier molecular flexibility index (Phi) is 4.59. The molecule has 2 aromatic rings. The average molecular weight is 348 g/mol. The molecule has 2 rings (SSSR count). The Morgan fingerprint density at radius 2 is 1.54 bits per heavy atom. The quantitative estimate of drug-likeness (QED) is 0.786. The Bertz CT molecular complexity index is 740. The van der Waals surface area contributed by atoms with Crippen LogP contribution in [0.15, 0.2) is 48.5 Å². The fraction of sp³-hybridized carbons (Fsp3) is 0.188. The van der Waals surface area contributed by atoms with E-state index in [9.17, 15) is 31.1 Å². The van der Waals surface area contributed by atoms with E-state index in [1.165, 1.54) is 12.1 Å². The van der Waals surface area contributed by atoms with Crippen molar-refractivity contribution in [3.05, 3.63) is 59.7 Å². The highest BCUT2D eigenvalue weighted by atomic mass is 19.4. The third-order valence-corrected chi connectivity index (χ3v) is 3.33. The van der Waals surface area contributed by atoms with Crippen LogP contribution in [0.4, 0.5) is 26.3 Å². The van der Waals surface area contributed by atoms with E-state index in [4.69, 9.17) is 5.11 Å². The first-order valence-electron chi connectivity index (χ1n) is 6.57. The summed E-state index contributed by atoms with van der Waals surface area (Å²) >= 11 is 0. The van der Waals surface area contributed by atoms with Gasteiger partial charge in [0.05, 0.1) is 5.56 Å². The highest BCUT2D eigenvalue weighted by Crippen LogP contribution is 2.42. The van der Waals surface area contributed by atoms with Crippen LogP contribution in [-0.2, 0) is 5.92 Å². The molecule has 0 saturated heterocycles. The molecule has 0 amide bonds. The Hall–Kier alpha value is -2.51. The van der Waals surface area contributed by atoms with Gasteiger partial charge in [-0.15, -0.1) is 0 Å². The zero-order valence-corrected chi connectivity index (χ0v) is 11.8. The molecule has 0 aliphatic carbocycles. The average Bonchev–Trinajstić information content (AvgIpc) is 2.53. The Balaban J connectivity index is 2.56. The molecular weight excluding hydrogens is 338 g/mol. The van der Waals surface area contributed by atoms with E-state index in [0.29, 0.717) is 17.7 Å². The number of rotatable bonds is 4. The molecule has 0 saturated carbocycles. The molecule has 24 heavy (non-hydrogen) atoms. The van der Waals surface area contributed by atoms with Crippen LogP contribution >= 0.6 is 0 Å². The maximum atomic E-state index is 13.7. The van der Waals surface area contributed by atoms with Crippen LogP contribution in [0.1, 0.15) is 15.9 Å². The summed E-state index contributed by atoms with van der Waals surface area (Å²) in [5.74, 6) is -6.52. The lowest BCUT2D eigenvalue weighted by Gasteiger charge is -2.23. The minimum absolute atomic E-state index is 0.0325. The van der Waals surface area contributed by atoms with Gasteiger partial charge in [-0.05, 0) is 17.2 Å². The molecule has 0 heterocycles. The van der Waals surface area contributed by atoms with Gasteiger partial charge in [-0.25, -0.2) is 9.18 Å². The number of carboxylic acids is 1. The van der Waals surface area contributed by atoms with Gasteiger partial charge in [0.15, 0.2) is 0 Å². The summed E-state index contributed by atoms with van der Waals surface area (Å²) in [5, 5.41) is 9.15. The Labute approximate surface area is 132 Å². The van der Waals surface area contributed by atoms with Crippen molar-refractivity contribution in [2.45, 2.75) is 18.3 Å². The van der Waals surface area contributed by atoms with Crippen LogP contribution in [0.2, 0.25) is 0 Å². The van der Waals surface area contributed by atoms with Crippen LogP contribution in [-0.4, -0.2) is 23.4 Å². The van der Waals surface area contributed by atoms with Gasteiger partial charge in [0, 0.05) is 5.56 Å². The molecule has 0 bridgehead atoms. The number of halogens is 6. The second-order valence-electron chi connectivity index (χ2n) is 4.96. The van der Waals surface area contributed by atoms with Crippen molar-refractivity contribution in [2.24, 2.45) is 0 Å². The van der Waals surface area contributed by atoms with Gasteiger partial charge in [0.1, 0.15) is 0 Å². The molecule has 0 radical (unpaired) electrons. The van der Waals surface area contributed by atoms with E-state index in [1.54, 1.807) is 18.2 Å². The van der Waals surface area contributed by atoms with Crippen molar-refractivity contribution in [2.75, 3.05) is 0 Å². The van der Waals surface area contributed by atoms with Crippen LogP contribution in [0.25, 0.3) is 11.1 Å². The molecule has 8 heteroatoms. The lowest BCUT2D eigenvalue weighted by atomic mass is 9.94. The molecule has 0 aliphatic heterocycles. The number of hydrogen-bond acceptors (Lipinski definition) is 1. The topological polar surface area (TPSA) is 37.3 Å². The van der Waals surface area contributed by atoms with Gasteiger partial charge in [-0.2, -0.15) is 22.0 Å². The molecule has 0 spiro atoms. The van der Waals surface area contributed by atoms with E-state index < -0.39 is 35.4 Å². The number of aromatic carboxylic acids is 1. The first kappa shape index (κ1) is 17.8. The Morgan fingerprint density at radius 1 is 0.958 bits per heavy atom. The maximum Gasteiger partial charge on any atom is 0.426 e. The fourth-order valence-electron chi connectivity index (χ4n) is 2.15. The van der Waals surface area contributed by atoms with Gasteiger partial charge in [-0.3, -0.25) is 0 Å². The molecule has 128 valence electrons. The van der Waals surface area contributed by atoms with Crippen molar-refractivity contribution in [1.29, 1.82) is 0 Å². The predicted molar refractivity (Wildman–Crippen MR) is 73.7 cm³/mol. The van der Waals surface area contributed by atoms with E-state index in [0.717, 1.165) is 6.07 Å². The highest BCUT2D eigenvalue weighted by molar-refractivity contribution is 5.96. The largest absolute Gasteiger partial charge is 0.478 e. The molecule has 2 aromatic carbocycles. The summed E-state index contributed by atoms with van der Waals surface area (Å²) < 4.78 is 77.4. The summed E-state index contributed by atoms with van der Waals surface area (Å²) in [6, 6.07) is 9.70. The lowest BCUT2D eigenvalue weighted by Crippen LogP contribution is -2.39. The molecule has 1 atom stereocenters. The van der Waals surface area contributed by atoms with E-state index in [2.05, 4.69) is 0 Å². The second kappa shape index (κ2) is 6.18. The molecule has 2 nitrogen and oxygen atoms in total. The molecule has 0 fully saturated rings. The van der Waals surface area contributed by atoms with Crippen molar-refractivity contribution in [3.8, 4) is 11.1 Å². The zero-order chi connectivity index (χ0) is 18.1. The monoisotopic (exact) mass is 348 g/mol. The number of carbonyl (C=O) groups is 1. The van der Waals surface area contributed by atoms with Crippen LogP contribution in [0, 0.1) is 0 Å². The fourth-order valence-corrected chi connectivity index (χ4v) is 2.15. The molecular formula is C16H10F6O2. The molecule has 1 N–H and O–H groups in total. The van der Waals surface area contributed by atoms with Gasteiger partial charge in [0.2, 0.25) is 0 Å². The standard InChI is InChI=1S/C16H10F6O2/c17-14(16(20,21)22)15(18,19)10-6-7-11(12(8-10)13(23)24)9-4-2-1-3-5-9/h1-8,14H,(H,23,24). The normalized spacial score (nSPS) is 13.6. The van der Waals surface area contributed by atoms with E-state index in [1.807, 2.05) is 0 Å². The Morgan fingerprint density at radius 3 is 2.04 bits per heavy atom. The molecule has 0 aliphatic rings. The maximum absolute atomic E-state index is 13.7. The number of carboxylic acid groups (broad SMARTS) is 1. The second-order valence-corrected chi connectivity index (χ2v) is 4.96. The van der Waals surface area contributed by atoms with Gasteiger partial charge in [0.25, 0.3) is 6.17 Å². The van der Waals surface area contributed by atoms with Crippen molar-refractivity contribution >= 4 is 5.97 Å². The van der Waals surface area contributed by atoms with Gasteiger partial charge in [-0.1, -0.05) is 42.5 Å². The first-order valence-corrected chi connectivity index (χ1v) is 6.57. The smallest absolute Gasteiger partial charge is 0.426 e. The SMILES string of the molecule is O=C(O)c1cc(C(F)(F)C(F)C(F)(F)F)ccc1-c1ccccc1. The first-order chi connectivity index (χ1) is 11.0. The summed E-state index contributed by atoms with van der Waals surface area (Å²) in [6.45, 7) is 0. The van der Waals surface area contributed by atoms with Crippen LogP contribution in [0.5, 0.6) is 0 Å². The third kappa shape index (κ3) is 3.37. The van der Waals surface area contributed by atoms with E-state index >= 15 is 0 Å². The minimum Gasteiger partial charge on any atom is -0.478 e. The predicted octanol–water partition coefficient (Wildman–Crippen LogP) is 5.04. The molecule has 0 aromatic heterocycles. The van der Waals surface area contributed by atoms with Gasteiger partial charge < -0.3 is 5.11 Å². The summed E-state index contributed by atoms with van der Waals surface area (Å²) in [6.07, 6.45) is -10.2. The van der Waals surface area contributed by atoms with Crippen LogP contribution < -0.4 is 0 Å². The van der Waals surface area contributed by atoms with Crippen molar-refractivity contribution < 1.29 is 36.2 Å². The summed E-state index contributed by atoms with van der Waals surface area (Å²) in [4.78, 5) is 11.3. The third-order valence-electron chi connectivity index (χ3n) is 3.33. The van der Waals surface area contributed by atoms with E-state index in [-0.39, 0.29) is 5.56 Å². The van der Waals surface area contributed by atoms with Gasteiger partial charge >= 0.3 is 18.1 Å².